The fourth-order valence-electron chi connectivity index (χ4n) is 2.15. The lowest BCUT2D eigenvalue weighted by atomic mass is 10.2. The first-order valence-electron chi connectivity index (χ1n) is 7.88. The van der Waals surface area contributed by atoms with Gasteiger partial charge in [-0.05, 0) is 43.2 Å². The highest BCUT2D eigenvalue weighted by atomic mass is 32.2. The maximum atomic E-state index is 12.2. The van der Waals surface area contributed by atoms with Gasteiger partial charge in [-0.1, -0.05) is 37.3 Å². The van der Waals surface area contributed by atoms with Crippen LogP contribution < -0.4 is 10.1 Å². The second kappa shape index (κ2) is 9.26. The molecule has 1 N–H and O–H groups in total. The van der Waals surface area contributed by atoms with Crippen molar-refractivity contribution in [3.05, 3.63) is 60.2 Å². The van der Waals surface area contributed by atoms with Crippen LogP contribution in [0.5, 0.6) is 5.75 Å². The number of amides is 1. The number of thioether (sulfide) groups is 1. The fourth-order valence-corrected chi connectivity index (χ4v) is 2.94. The van der Waals surface area contributed by atoms with Crippen molar-refractivity contribution < 1.29 is 9.53 Å². The molecular weight excluding hydrogens is 306 g/mol. The molecule has 1 atom stereocenters. The lowest BCUT2D eigenvalue weighted by Gasteiger charge is -2.17. The highest BCUT2D eigenvalue weighted by molar-refractivity contribution is 7.99. The Morgan fingerprint density at radius 2 is 1.96 bits per heavy atom. The average Bonchev–Trinajstić information content (AvgIpc) is 2.57. The summed E-state index contributed by atoms with van der Waals surface area (Å²) in [7, 11) is 0. The Labute approximate surface area is 142 Å². The van der Waals surface area contributed by atoms with Gasteiger partial charge < -0.3 is 10.1 Å². The Hall–Kier alpha value is -1.94. The third-order valence-electron chi connectivity index (χ3n) is 3.34. The molecule has 0 aliphatic rings. The molecule has 0 unspecified atom stereocenters. The van der Waals surface area contributed by atoms with Gasteiger partial charge in [-0.2, -0.15) is 0 Å². The van der Waals surface area contributed by atoms with E-state index in [1.807, 2.05) is 56.3 Å². The van der Waals surface area contributed by atoms with Crippen LogP contribution in [0.1, 0.15) is 18.9 Å². The molecule has 0 aromatic heterocycles. The van der Waals surface area contributed by atoms with E-state index < -0.39 is 6.10 Å². The predicted molar refractivity (Wildman–Crippen MR) is 96.1 cm³/mol. The molecule has 23 heavy (non-hydrogen) atoms. The van der Waals surface area contributed by atoms with Crippen LogP contribution in [0.25, 0.3) is 0 Å². The quantitative estimate of drug-likeness (QED) is 0.586. The molecule has 0 saturated heterocycles. The molecule has 0 aliphatic carbocycles. The van der Waals surface area contributed by atoms with Crippen molar-refractivity contribution in [3.63, 3.8) is 0 Å². The second-order valence-corrected chi connectivity index (χ2v) is 6.45. The third-order valence-corrected chi connectivity index (χ3v) is 4.36. The van der Waals surface area contributed by atoms with Gasteiger partial charge in [0, 0.05) is 17.2 Å². The van der Waals surface area contributed by atoms with Crippen LogP contribution in [-0.2, 0) is 4.79 Å². The van der Waals surface area contributed by atoms with Crippen LogP contribution in [-0.4, -0.2) is 24.3 Å². The molecule has 3 nitrogen and oxygen atoms in total. The monoisotopic (exact) mass is 329 g/mol. The molecule has 2 rings (SSSR count). The summed E-state index contributed by atoms with van der Waals surface area (Å²) in [6.07, 6.45) is 0.199. The van der Waals surface area contributed by atoms with E-state index in [1.54, 1.807) is 11.8 Å². The van der Waals surface area contributed by atoms with Gasteiger partial charge in [-0.25, -0.2) is 0 Å². The zero-order chi connectivity index (χ0) is 16.5. The van der Waals surface area contributed by atoms with Gasteiger partial charge in [0.1, 0.15) is 5.75 Å². The van der Waals surface area contributed by atoms with Gasteiger partial charge in [0.05, 0.1) is 0 Å². The minimum Gasteiger partial charge on any atom is -0.481 e. The minimum absolute atomic E-state index is 0.0531. The van der Waals surface area contributed by atoms with Crippen molar-refractivity contribution in [2.45, 2.75) is 31.3 Å². The second-order valence-electron chi connectivity index (χ2n) is 5.28. The SMILES string of the molecule is CC[C@H](Oc1cccc(C)c1)C(=O)NCCSc1ccccc1. The molecular formula is C19H23NO2S. The maximum Gasteiger partial charge on any atom is 0.261 e. The summed E-state index contributed by atoms with van der Waals surface area (Å²) < 4.78 is 5.80. The van der Waals surface area contributed by atoms with Crippen LogP contribution >= 0.6 is 11.8 Å². The van der Waals surface area contributed by atoms with Gasteiger partial charge in [0.25, 0.3) is 5.91 Å². The molecule has 0 saturated carbocycles. The highest BCUT2D eigenvalue weighted by Gasteiger charge is 2.17. The first-order valence-corrected chi connectivity index (χ1v) is 8.86. The lowest BCUT2D eigenvalue weighted by Crippen LogP contribution is -2.39. The van der Waals surface area contributed by atoms with E-state index in [-0.39, 0.29) is 5.91 Å². The Morgan fingerprint density at radius 3 is 2.65 bits per heavy atom. The Morgan fingerprint density at radius 1 is 1.17 bits per heavy atom. The van der Waals surface area contributed by atoms with Gasteiger partial charge in [0.2, 0.25) is 0 Å². The van der Waals surface area contributed by atoms with Crippen LogP contribution in [0, 0.1) is 6.92 Å². The number of nitrogens with one attached hydrogen (secondary N) is 1. The van der Waals surface area contributed by atoms with Crippen molar-refractivity contribution in [3.8, 4) is 5.75 Å². The van der Waals surface area contributed by atoms with E-state index in [0.29, 0.717) is 13.0 Å². The molecule has 0 bridgehead atoms. The van der Waals surface area contributed by atoms with Gasteiger partial charge in [0.15, 0.2) is 6.10 Å². The summed E-state index contributed by atoms with van der Waals surface area (Å²) in [6.45, 7) is 4.60. The van der Waals surface area contributed by atoms with Crippen molar-refractivity contribution in [1.82, 2.24) is 5.32 Å². The van der Waals surface area contributed by atoms with E-state index >= 15 is 0 Å². The number of ether oxygens (including phenoxy) is 1. The summed E-state index contributed by atoms with van der Waals surface area (Å²) in [5.41, 5.74) is 1.12. The number of rotatable bonds is 8. The molecule has 0 heterocycles. The molecule has 2 aromatic rings. The zero-order valence-corrected chi connectivity index (χ0v) is 14.4. The van der Waals surface area contributed by atoms with Crippen molar-refractivity contribution in [1.29, 1.82) is 0 Å². The van der Waals surface area contributed by atoms with E-state index in [1.165, 1.54) is 4.90 Å². The van der Waals surface area contributed by atoms with Crippen molar-refractivity contribution in [2.75, 3.05) is 12.3 Å². The van der Waals surface area contributed by atoms with E-state index in [4.69, 9.17) is 4.74 Å². The minimum atomic E-state index is -0.446. The molecule has 0 aliphatic heterocycles. The number of carbonyl (C=O) groups is 1. The number of hydrogen-bond donors (Lipinski definition) is 1. The molecule has 0 spiro atoms. The molecule has 2 aromatic carbocycles. The van der Waals surface area contributed by atoms with Crippen LogP contribution in [0.2, 0.25) is 0 Å². The number of benzene rings is 2. The Kier molecular flexibility index (Phi) is 7.01. The van der Waals surface area contributed by atoms with Gasteiger partial charge >= 0.3 is 0 Å². The first kappa shape index (κ1) is 17.4. The summed E-state index contributed by atoms with van der Waals surface area (Å²) in [5.74, 6) is 1.53. The molecule has 122 valence electrons. The first-order chi connectivity index (χ1) is 11.2. The summed E-state index contributed by atoms with van der Waals surface area (Å²) in [4.78, 5) is 13.4. The number of hydrogen-bond acceptors (Lipinski definition) is 3. The maximum absolute atomic E-state index is 12.2. The number of aryl methyl sites for hydroxylation is 1. The van der Waals surface area contributed by atoms with Gasteiger partial charge in [-0.15, -0.1) is 11.8 Å². The summed E-state index contributed by atoms with van der Waals surface area (Å²) >= 11 is 1.73. The van der Waals surface area contributed by atoms with Crippen molar-refractivity contribution >= 4 is 17.7 Å². The van der Waals surface area contributed by atoms with Crippen LogP contribution in [0.3, 0.4) is 0 Å². The van der Waals surface area contributed by atoms with E-state index in [9.17, 15) is 4.79 Å². The van der Waals surface area contributed by atoms with Crippen LogP contribution in [0.15, 0.2) is 59.5 Å². The molecule has 1 amide bonds. The topological polar surface area (TPSA) is 38.3 Å². The van der Waals surface area contributed by atoms with Crippen molar-refractivity contribution in [2.24, 2.45) is 0 Å². The highest BCUT2D eigenvalue weighted by Crippen LogP contribution is 2.17. The largest absolute Gasteiger partial charge is 0.481 e. The smallest absolute Gasteiger partial charge is 0.261 e. The average molecular weight is 329 g/mol. The fraction of sp³-hybridized carbons (Fsp3) is 0.316. The van der Waals surface area contributed by atoms with E-state index in [2.05, 4.69) is 17.4 Å². The Balaban J connectivity index is 1.76. The normalized spacial score (nSPS) is 11.7. The third kappa shape index (κ3) is 5.99. The summed E-state index contributed by atoms with van der Waals surface area (Å²) in [6, 6.07) is 18.0. The lowest BCUT2D eigenvalue weighted by molar-refractivity contribution is -0.127. The van der Waals surface area contributed by atoms with E-state index in [0.717, 1.165) is 17.1 Å². The molecule has 4 heteroatoms. The van der Waals surface area contributed by atoms with Gasteiger partial charge in [-0.3, -0.25) is 4.79 Å². The standard InChI is InChI=1S/C19H23NO2S/c1-3-18(22-16-9-7-8-15(2)14-16)19(21)20-12-13-23-17-10-5-4-6-11-17/h4-11,14,18H,3,12-13H2,1-2H3,(H,20,21)/t18-/m0/s1. The molecule has 0 radical (unpaired) electrons. The van der Waals surface area contributed by atoms with Crippen LogP contribution in [0.4, 0.5) is 0 Å². The Bertz CT molecular complexity index is 616. The predicted octanol–water partition coefficient (Wildman–Crippen LogP) is 4.06. The summed E-state index contributed by atoms with van der Waals surface area (Å²) in [5, 5.41) is 2.95. The number of carbonyl (C=O) groups excluding carboxylic acids is 1. The zero-order valence-electron chi connectivity index (χ0n) is 13.6. The molecule has 0 fully saturated rings.